The maximum atomic E-state index is 13.4. The van der Waals surface area contributed by atoms with Gasteiger partial charge in [0.1, 0.15) is 5.00 Å². The number of anilines is 3. The molecule has 4 rings (SSSR count). The summed E-state index contributed by atoms with van der Waals surface area (Å²) in [5.74, 6) is -2.58. The minimum absolute atomic E-state index is 0.106. The zero-order valence-electron chi connectivity index (χ0n) is 17.6. The minimum atomic E-state index is -1.06. The highest BCUT2D eigenvalue weighted by molar-refractivity contribution is 7.10. The highest BCUT2D eigenvalue weighted by Gasteiger charge is 2.21. The Morgan fingerprint density at radius 3 is 2.55 bits per heavy atom. The average Bonchev–Trinajstić information content (AvgIpc) is 3.17. The van der Waals surface area contributed by atoms with Crippen molar-refractivity contribution < 1.29 is 18.4 Å². The van der Waals surface area contributed by atoms with Crippen molar-refractivity contribution in [3.63, 3.8) is 0 Å². The molecule has 3 heterocycles. The van der Waals surface area contributed by atoms with Gasteiger partial charge in [-0.25, -0.2) is 8.78 Å². The number of amides is 2. The van der Waals surface area contributed by atoms with Gasteiger partial charge >= 0.3 is 0 Å². The van der Waals surface area contributed by atoms with E-state index in [0.29, 0.717) is 16.5 Å². The third kappa shape index (κ3) is 5.46. The molecule has 2 amide bonds. The van der Waals surface area contributed by atoms with Crippen molar-refractivity contribution in [3.05, 3.63) is 58.9 Å². The van der Waals surface area contributed by atoms with Crippen molar-refractivity contribution in [3.8, 4) is 0 Å². The first-order valence-electron chi connectivity index (χ1n) is 10.3. The molecule has 1 aliphatic rings. The Labute approximate surface area is 192 Å². The number of nitrogens with zero attached hydrogens (tertiary/aromatic N) is 3. The minimum Gasteiger partial charge on any atom is -0.348 e. The normalized spacial score (nSPS) is 14.0. The maximum Gasteiger partial charge on any atom is 0.272 e. The molecule has 0 saturated carbocycles. The van der Waals surface area contributed by atoms with E-state index in [1.807, 2.05) is 0 Å². The molecule has 2 aromatic heterocycles. The predicted octanol–water partition coefficient (Wildman–Crippen LogP) is 3.00. The Hall–Kier alpha value is -3.51. The first-order chi connectivity index (χ1) is 15.9. The lowest BCUT2D eigenvalue weighted by Gasteiger charge is -2.23. The van der Waals surface area contributed by atoms with Crippen LogP contribution in [0.15, 0.2) is 30.3 Å². The summed E-state index contributed by atoms with van der Waals surface area (Å²) in [7, 11) is 0. The molecular formula is C21H21F2N7O2S. The van der Waals surface area contributed by atoms with Crippen molar-refractivity contribution in [2.24, 2.45) is 0 Å². The standard InChI is InChI=1S/C21H21F2N7O2S/c1-11-18(20(32)26-13-2-3-14(22)15(23)10-13)21(33-30-11)27-17-5-4-16(28-29-17)19(31)25-12-6-8-24-9-7-12/h2-5,10,12,24H,6-9H2,1H3,(H,25,31)(H,26,32)(H,27,29). The number of rotatable bonds is 6. The quantitative estimate of drug-likeness (QED) is 0.434. The Balaban J connectivity index is 1.43. The second-order valence-electron chi connectivity index (χ2n) is 7.48. The van der Waals surface area contributed by atoms with Gasteiger partial charge in [-0.05, 0) is 68.7 Å². The fourth-order valence-electron chi connectivity index (χ4n) is 3.35. The van der Waals surface area contributed by atoms with E-state index in [4.69, 9.17) is 0 Å². The maximum absolute atomic E-state index is 13.4. The molecule has 172 valence electrons. The van der Waals surface area contributed by atoms with E-state index >= 15 is 0 Å². The second-order valence-corrected chi connectivity index (χ2v) is 8.26. The van der Waals surface area contributed by atoms with Crippen molar-refractivity contribution in [1.29, 1.82) is 0 Å². The summed E-state index contributed by atoms with van der Waals surface area (Å²) in [6, 6.07) is 6.32. The van der Waals surface area contributed by atoms with E-state index in [1.165, 1.54) is 6.07 Å². The molecule has 0 bridgehead atoms. The topological polar surface area (TPSA) is 121 Å². The van der Waals surface area contributed by atoms with Crippen LogP contribution in [0.2, 0.25) is 0 Å². The first-order valence-corrected chi connectivity index (χ1v) is 11.0. The summed E-state index contributed by atoms with van der Waals surface area (Å²) in [5.41, 5.74) is 0.989. The summed E-state index contributed by atoms with van der Waals surface area (Å²) in [6.07, 6.45) is 1.72. The van der Waals surface area contributed by atoms with Crippen LogP contribution in [0.4, 0.5) is 25.3 Å². The fraction of sp³-hybridized carbons (Fsp3) is 0.286. The molecule has 0 spiro atoms. The van der Waals surface area contributed by atoms with Crippen LogP contribution in [0.1, 0.15) is 39.4 Å². The molecule has 1 fully saturated rings. The Bertz CT molecular complexity index is 1160. The third-order valence-corrected chi connectivity index (χ3v) is 5.93. The van der Waals surface area contributed by atoms with E-state index < -0.39 is 17.5 Å². The number of benzene rings is 1. The number of piperidine rings is 1. The van der Waals surface area contributed by atoms with Gasteiger partial charge in [0.2, 0.25) is 0 Å². The average molecular weight is 474 g/mol. The van der Waals surface area contributed by atoms with E-state index in [9.17, 15) is 18.4 Å². The number of aryl methyl sites for hydroxylation is 1. The van der Waals surface area contributed by atoms with Gasteiger partial charge in [0.15, 0.2) is 23.1 Å². The molecule has 1 aromatic carbocycles. The van der Waals surface area contributed by atoms with Gasteiger partial charge in [0.05, 0.1) is 11.3 Å². The molecular weight excluding hydrogens is 452 g/mol. The van der Waals surface area contributed by atoms with E-state index in [1.54, 1.807) is 19.1 Å². The number of carbonyl (C=O) groups excluding carboxylic acids is 2. The van der Waals surface area contributed by atoms with Crippen LogP contribution in [0.25, 0.3) is 0 Å². The molecule has 0 radical (unpaired) electrons. The Morgan fingerprint density at radius 1 is 1.06 bits per heavy atom. The van der Waals surface area contributed by atoms with E-state index in [0.717, 1.165) is 49.6 Å². The van der Waals surface area contributed by atoms with Gasteiger partial charge in [0, 0.05) is 17.8 Å². The van der Waals surface area contributed by atoms with Crippen LogP contribution in [0, 0.1) is 18.6 Å². The first kappa shape index (κ1) is 22.7. The number of carbonyl (C=O) groups is 2. The van der Waals surface area contributed by atoms with Crippen molar-refractivity contribution in [1.82, 2.24) is 25.2 Å². The van der Waals surface area contributed by atoms with Gasteiger partial charge in [0.25, 0.3) is 11.8 Å². The molecule has 1 aliphatic heterocycles. The molecule has 3 aromatic rings. The largest absolute Gasteiger partial charge is 0.348 e. The molecule has 4 N–H and O–H groups in total. The molecule has 33 heavy (non-hydrogen) atoms. The SMILES string of the molecule is Cc1nsc(Nc2ccc(C(=O)NC3CCNCC3)nn2)c1C(=O)Nc1ccc(F)c(F)c1. The van der Waals surface area contributed by atoms with E-state index in [-0.39, 0.29) is 28.9 Å². The molecule has 0 atom stereocenters. The Morgan fingerprint density at radius 2 is 1.85 bits per heavy atom. The van der Waals surface area contributed by atoms with E-state index in [2.05, 4.69) is 35.8 Å². The van der Waals surface area contributed by atoms with Crippen LogP contribution < -0.4 is 21.3 Å². The predicted molar refractivity (Wildman–Crippen MR) is 120 cm³/mol. The van der Waals surface area contributed by atoms with Crippen molar-refractivity contribution in [2.45, 2.75) is 25.8 Å². The number of nitrogens with one attached hydrogen (secondary N) is 4. The fourth-order valence-corrected chi connectivity index (χ4v) is 4.15. The Kier molecular flexibility index (Phi) is 6.84. The summed E-state index contributed by atoms with van der Waals surface area (Å²) >= 11 is 1.04. The van der Waals surface area contributed by atoms with Crippen LogP contribution in [0.5, 0.6) is 0 Å². The highest BCUT2D eigenvalue weighted by Crippen LogP contribution is 2.28. The number of hydrogen-bond acceptors (Lipinski definition) is 8. The van der Waals surface area contributed by atoms with Gasteiger partial charge in [-0.15, -0.1) is 10.2 Å². The lowest BCUT2D eigenvalue weighted by Crippen LogP contribution is -2.43. The smallest absolute Gasteiger partial charge is 0.272 e. The molecule has 9 nitrogen and oxygen atoms in total. The molecule has 12 heteroatoms. The summed E-state index contributed by atoms with van der Waals surface area (Å²) in [6.45, 7) is 3.38. The highest BCUT2D eigenvalue weighted by atomic mass is 32.1. The van der Waals surface area contributed by atoms with Crippen molar-refractivity contribution in [2.75, 3.05) is 23.7 Å². The second kappa shape index (κ2) is 9.96. The van der Waals surface area contributed by atoms with Crippen molar-refractivity contribution >= 4 is 39.9 Å². The molecule has 1 saturated heterocycles. The van der Waals surface area contributed by atoms with Gasteiger partial charge in [-0.1, -0.05) is 0 Å². The summed E-state index contributed by atoms with van der Waals surface area (Å²) in [5, 5.41) is 20.1. The monoisotopic (exact) mass is 473 g/mol. The molecule has 0 aliphatic carbocycles. The third-order valence-electron chi connectivity index (χ3n) is 5.08. The lowest BCUT2D eigenvalue weighted by molar-refractivity contribution is 0.0923. The van der Waals surface area contributed by atoms with Crippen LogP contribution in [-0.4, -0.2) is 45.5 Å². The molecule has 0 unspecified atom stereocenters. The summed E-state index contributed by atoms with van der Waals surface area (Å²) < 4.78 is 30.8. The lowest BCUT2D eigenvalue weighted by atomic mass is 10.1. The van der Waals surface area contributed by atoms with Gasteiger partial charge < -0.3 is 21.3 Å². The van der Waals surface area contributed by atoms with Crippen LogP contribution in [0.3, 0.4) is 0 Å². The van der Waals surface area contributed by atoms with Gasteiger partial charge in [-0.3, -0.25) is 9.59 Å². The number of aromatic nitrogens is 3. The van der Waals surface area contributed by atoms with Crippen LogP contribution in [-0.2, 0) is 0 Å². The zero-order valence-corrected chi connectivity index (χ0v) is 18.4. The summed E-state index contributed by atoms with van der Waals surface area (Å²) in [4.78, 5) is 25.1. The van der Waals surface area contributed by atoms with Crippen LogP contribution >= 0.6 is 11.5 Å². The van der Waals surface area contributed by atoms with Gasteiger partial charge in [-0.2, -0.15) is 4.37 Å². The number of hydrogen-bond donors (Lipinski definition) is 4. The number of halogens is 2. The zero-order chi connectivity index (χ0) is 23.4.